The summed E-state index contributed by atoms with van der Waals surface area (Å²) in [5.41, 5.74) is -0.605. The SMILES string of the molecule is N#CC1(C#N)CC1CCCCBr. The number of hydrogen-bond donors (Lipinski definition) is 0. The first-order chi connectivity index (χ1) is 5.79. The zero-order chi connectivity index (χ0) is 9.03. The highest BCUT2D eigenvalue weighted by atomic mass is 79.9. The standard InChI is InChI=1S/C9H11BrN2/c10-4-2-1-3-8-5-9(8,6-11)7-12/h8H,1-5H2. The van der Waals surface area contributed by atoms with Crippen LogP contribution in [-0.2, 0) is 0 Å². The van der Waals surface area contributed by atoms with Gasteiger partial charge in [-0.15, -0.1) is 0 Å². The maximum atomic E-state index is 8.70. The van der Waals surface area contributed by atoms with Crippen molar-refractivity contribution in [2.75, 3.05) is 5.33 Å². The van der Waals surface area contributed by atoms with E-state index in [0.717, 1.165) is 31.0 Å². The summed E-state index contributed by atoms with van der Waals surface area (Å²) >= 11 is 3.35. The normalized spacial score (nSPS) is 24.1. The summed E-state index contributed by atoms with van der Waals surface area (Å²) in [5.74, 6) is 0.353. The Morgan fingerprint density at radius 2 is 2.00 bits per heavy atom. The maximum absolute atomic E-state index is 8.70. The van der Waals surface area contributed by atoms with Crippen LogP contribution in [-0.4, -0.2) is 5.33 Å². The van der Waals surface area contributed by atoms with E-state index in [-0.39, 0.29) is 0 Å². The third kappa shape index (κ3) is 1.79. The molecule has 0 heterocycles. The van der Waals surface area contributed by atoms with Crippen molar-refractivity contribution in [2.24, 2.45) is 11.3 Å². The predicted octanol–water partition coefficient (Wildman–Crippen LogP) is 2.61. The lowest BCUT2D eigenvalue weighted by Gasteiger charge is -1.96. The van der Waals surface area contributed by atoms with Crippen LogP contribution < -0.4 is 0 Å². The molecule has 12 heavy (non-hydrogen) atoms. The van der Waals surface area contributed by atoms with Gasteiger partial charge in [0.1, 0.15) is 5.41 Å². The average Bonchev–Trinajstić information content (AvgIpc) is 2.80. The minimum atomic E-state index is -0.605. The molecule has 0 aromatic rings. The van der Waals surface area contributed by atoms with Crippen LogP contribution in [0.25, 0.3) is 0 Å². The summed E-state index contributed by atoms with van der Waals surface area (Å²) in [5, 5.41) is 18.4. The minimum absolute atomic E-state index is 0.353. The minimum Gasteiger partial charge on any atom is -0.197 e. The van der Waals surface area contributed by atoms with E-state index in [1.54, 1.807) is 0 Å². The molecule has 64 valence electrons. The fraction of sp³-hybridized carbons (Fsp3) is 0.778. The average molecular weight is 227 g/mol. The van der Waals surface area contributed by atoms with Gasteiger partial charge in [-0.25, -0.2) is 0 Å². The Morgan fingerprint density at radius 1 is 1.33 bits per heavy atom. The molecule has 0 aromatic carbocycles. The molecule has 1 rings (SSSR count). The van der Waals surface area contributed by atoms with Crippen LogP contribution >= 0.6 is 15.9 Å². The topological polar surface area (TPSA) is 47.6 Å². The Bertz CT molecular complexity index is 222. The van der Waals surface area contributed by atoms with Crippen LogP contribution in [0.15, 0.2) is 0 Å². The lowest BCUT2D eigenvalue weighted by Crippen LogP contribution is -1.96. The number of nitrogens with zero attached hydrogens (tertiary/aromatic N) is 2. The summed E-state index contributed by atoms with van der Waals surface area (Å²) in [4.78, 5) is 0. The van der Waals surface area contributed by atoms with E-state index < -0.39 is 5.41 Å². The van der Waals surface area contributed by atoms with Gasteiger partial charge in [0.2, 0.25) is 0 Å². The highest BCUT2D eigenvalue weighted by molar-refractivity contribution is 9.09. The van der Waals surface area contributed by atoms with Gasteiger partial charge in [-0.1, -0.05) is 22.4 Å². The summed E-state index contributed by atoms with van der Waals surface area (Å²) in [6.45, 7) is 0. The third-order valence-corrected chi connectivity index (χ3v) is 3.00. The number of unbranched alkanes of at least 4 members (excludes halogenated alkanes) is 1. The van der Waals surface area contributed by atoms with E-state index in [0.29, 0.717) is 5.92 Å². The van der Waals surface area contributed by atoms with E-state index in [9.17, 15) is 0 Å². The van der Waals surface area contributed by atoms with Crippen molar-refractivity contribution in [3.05, 3.63) is 0 Å². The van der Waals surface area contributed by atoms with Crippen molar-refractivity contribution in [2.45, 2.75) is 25.7 Å². The van der Waals surface area contributed by atoms with Crippen molar-refractivity contribution in [1.29, 1.82) is 10.5 Å². The van der Waals surface area contributed by atoms with Crippen LogP contribution in [0.5, 0.6) is 0 Å². The summed E-state index contributed by atoms with van der Waals surface area (Å²) in [6, 6.07) is 4.21. The van der Waals surface area contributed by atoms with Gasteiger partial charge in [-0.3, -0.25) is 0 Å². The van der Waals surface area contributed by atoms with E-state index in [1.165, 1.54) is 0 Å². The monoisotopic (exact) mass is 226 g/mol. The molecule has 0 aromatic heterocycles. The molecule has 1 fully saturated rings. The van der Waals surface area contributed by atoms with Gasteiger partial charge in [0.25, 0.3) is 0 Å². The van der Waals surface area contributed by atoms with Crippen LogP contribution in [0, 0.1) is 34.0 Å². The Hall–Kier alpha value is -0.540. The zero-order valence-electron chi connectivity index (χ0n) is 6.89. The molecule has 1 unspecified atom stereocenters. The quantitative estimate of drug-likeness (QED) is 0.547. The molecule has 0 N–H and O–H groups in total. The second kappa shape index (κ2) is 3.92. The van der Waals surface area contributed by atoms with Crippen molar-refractivity contribution >= 4 is 15.9 Å². The number of halogens is 1. The Morgan fingerprint density at radius 3 is 2.42 bits per heavy atom. The highest BCUT2D eigenvalue weighted by Crippen LogP contribution is 2.54. The number of nitriles is 2. The van der Waals surface area contributed by atoms with E-state index in [4.69, 9.17) is 10.5 Å². The first-order valence-electron chi connectivity index (χ1n) is 4.17. The Labute approximate surface area is 81.3 Å². The van der Waals surface area contributed by atoms with Crippen LogP contribution in [0.1, 0.15) is 25.7 Å². The third-order valence-electron chi connectivity index (χ3n) is 2.44. The molecule has 0 radical (unpaired) electrons. The molecule has 0 amide bonds. The van der Waals surface area contributed by atoms with Gasteiger partial charge in [0.15, 0.2) is 0 Å². The lowest BCUT2D eigenvalue weighted by molar-refractivity contribution is 0.606. The van der Waals surface area contributed by atoms with Crippen molar-refractivity contribution < 1.29 is 0 Å². The lowest BCUT2D eigenvalue weighted by atomic mass is 10.0. The summed E-state index contributed by atoms with van der Waals surface area (Å²) < 4.78 is 0. The first-order valence-corrected chi connectivity index (χ1v) is 5.29. The number of hydrogen-bond acceptors (Lipinski definition) is 2. The molecule has 1 aliphatic carbocycles. The van der Waals surface area contributed by atoms with Crippen LogP contribution in [0.2, 0.25) is 0 Å². The Kier molecular flexibility index (Phi) is 3.12. The molecule has 2 nitrogen and oxygen atoms in total. The van der Waals surface area contributed by atoms with Crippen LogP contribution in [0.3, 0.4) is 0 Å². The van der Waals surface area contributed by atoms with Crippen molar-refractivity contribution in [3.8, 4) is 12.1 Å². The molecule has 1 aliphatic rings. The molecule has 1 atom stereocenters. The van der Waals surface area contributed by atoms with E-state index in [2.05, 4.69) is 28.1 Å². The molecular weight excluding hydrogens is 216 g/mol. The smallest absolute Gasteiger partial charge is 0.147 e. The highest BCUT2D eigenvalue weighted by Gasteiger charge is 2.55. The molecule has 0 spiro atoms. The second-order valence-corrected chi connectivity index (χ2v) is 4.07. The molecule has 0 aliphatic heterocycles. The summed E-state index contributed by atoms with van der Waals surface area (Å²) in [7, 11) is 0. The van der Waals surface area contributed by atoms with E-state index in [1.807, 2.05) is 0 Å². The first kappa shape index (κ1) is 9.55. The van der Waals surface area contributed by atoms with Gasteiger partial charge in [-0.05, 0) is 25.2 Å². The van der Waals surface area contributed by atoms with Crippen molar-refractivity contribution in [1.82, 2.24) is 0 Å². The molecule has 0 bridgehead atoms. The molecule has 0 saturated heterocycles. The van der Waals surface area contributed by atoms with Gasteiger partial charge in [0.05, 0.1) is 12.1 Å². The Balaban J connectivity index is 2.24. The second-order valence-electron chi connectivity index (χ2n) is 3.28. The van der Waals surface area contributed by atoms with Gasteiger partial charge in [0, 0.05) is 5.33 Å². The maximum Gasteiger partial charge on any atom is 0.147 e. The number of rotatable bonds is 4. The fourth-order valence-electron chi connectivity index (χ4n) is 1.46. The molecule has 1 saturated carbocycles. The largest absolute Gasteiger partial charge is 0.197 e. The van der Waals surface area contributed by atoms with Gasteiger partial charge in [-0.2, -0.15) is 10.5 Å². The molecule has 3 heteroatoms. The fourth-order valence-corrected chi connectivity index (χ4v) is 1.86. The van der Waals surface area contributed by atoms with Crippen LogP contribution in [0.4, 0.5) is 0 Å². The summed E-state index contributed by atoms with van der Waals surface area (Å²) in [6.07, 6.45) is 4.10. The van der Waals surface area contributed by atoms with E-state index >= 15 is 0 Å². The zero-order valence-corrected chi connectivity index (χ0v) is 8.47. The van der Waals surface area contributed by atoms with Gasteiger partial charge < -0.3 is 0 Å². The van der Waals surface area contributed by atoms with Gasteiger partial charge >= 0.3 is 0 Å². The van der Waals surface area contributed by atoms with Crippen molar-refractivity contribution in [3.63, 3.8) is 0 Å². The predicted molar refractivity (Wildman–Crippen MR) is 49.4 cm³/mol. The molecular formula is C9H11BrN2. The number of alkyl halides is 1.